The number of rotatable bonds is 8. The molecule has 0 saturated heterocycles. The van der Waals surface area contributed by atoms with E-state index in [1.807, 2.05) is 0 Å². The average Bonchev–Trinajstić information content (AvgIpc) is 2.72. The molecule has 9 heteroatoms. The van der Waals surface area contributed by atoms with E-state index in [1.165, 1.54) is 31.2 Å². The van der Waals surface area contributed by atoms with Gasteiger partial charge in [0.2, 0.25) is 11.6 Å². The molecule has 0 spiro atoms. The molecule has 7 nitrogen and oxygen atoms in total. The Hall–Kier alpha value is -2.73. The fourth-order valence-corrected chi connectivity index (χ4v) is 3.88. The molecule has 2 aromatic rings. The van der Waals surface area contributed by atoms with Crippen LogP contribution in [0.4, 0.5) is 5.69 Å². The van der Waals surface area contributed by atoms with Crippen LogP contribution in [0.3, 0.4) is 0 Å². The average molecular weight is 463 g/mol. The maximum absolute atomic E-state index is 12.6. The zero-order chi connectivity index (χ0) is 23.3. The van der Waals surface area contributed by atoms with Crippen molar-refractivity contribution in [2.45, 2.75) is 31.3 Å². The van der Waals surface area contributed by atoms with Crippen LogP contribution in [0.5, 0.6) is 0 Å². The zero-order valence-corrected chi connectivity index (χ0v) is 18.9. The van der Waals surface area contributed by atoms with Crippen molar-refractivity contribution in [1.29, 1.82) is 0 Å². The molecule has 0 bridgehead atoms. The van der Waals surface area contributed by atoms with E-state index in [0.29, 0.717) is 16.3 Å². The predicted molar refractivity (Wildman–Crippen MR) is 118 cm³/mol. The van der Waals surface area contributed by atoms with E-state index >= 15 is 0 Å². The van der Waals surface area contributed by atoms with Crippen LogP contribution >= 0.6 is 11.6 Å². The molecule has 0 saturated carbocycles. The van der Waals surface area contributed by atoms with Gasteiger partial charge in [0.1, 0.15) is 0 Å². The van der Waals surface area contributed by atoms with Gasteiger partial charge < -0.3 is 10.4 Å². The number of Topliss-reactive ketones (excluding diaryl/α,β-unsaturated/α-hetero) is 1. The first-order chi connectivity index (χ1) is 14.5. The maximum Gasteiger partial charge on any atom is 0.226 e. The highest BCUT2D eigenvalue weighted by molar-refractivity contribution is 7.90. The number of ketones is 1. The zero-order valence-electron chi connectivity index (χ0n) is 17.3. The van der Waals surface area contributed by atoms with Crippen LogP contribution in [0.15, 0.2) is 41.3 Å². The predicted octanol–water partition coefficient (Wildman–Crippen LogP) is 3.14. The van der Waals surface area contributed by atoms with Crippen LogP contribution in [-0.4, -0.2) is 44.1 Å². The van der Waals surface area contributed by atoms with E-state index in [9.17, 15) is 23.1 Å². The van der Waals surface area contributed by atoms with E-state index in [0.717, 1.165) is 11.8 Å². The number of nitrogens with one attached hydrogen (secondary N) is 1. The summed E-state index contributed by atoms with van der Waals surface area (Å²) in [7, 11) is -3.37. The molecule has 164 valence electrons. The normalized spacial score (nSPS) is 13.2. The number of hydrogen-bond acceptors (Lipinski definition) is 5. The Morgan fingerprint density at radius 1 is 1.19 bits per heavy atom. The van der Waals surface area contributed by atoms with Crippen LogP contribution < -0.4 is 5.32 Å². The van der Waals surface area contributed by atoms with Crippen molar-refractivity contribution in [3.8, 4) is 0 Å². The Bertz CT molecular complexity index is 1140. The molecule has 0 aliphatic carbocycles. The lowest BCUT2D eigenvalue weighted by Gasteiger charge is -2.21. The first kappa shape index (κ1) is 24.5. The summed E-state index contributed by atoms with van der Waals surface area (Å²) in [5.41, 5.74) is 1.96. The third kappa shape index (κ3) is 6.14. The molecule has 0 radical (unpaired) electrons. The second-order valence-electron chi connectivity index (χ2n) is 7.28. The first-order valence-corrected chi connectivity index (χ1v) is 11.7. The van der Waals surface area contributed by atoms with Crippen molar-refractivity contribution >= 4 is 38.8 Å². The molecule has 0 aliphatic rings. The minimum absolute atomic E-state index is 0.0977. The summed E-state index contributed by atoms with van der Waals surface area (Å²) in [6.45, 7) is 10.0. The highest BCUT2D eigenvalue weighted by Gasteiger charge is 2.26. The van der Waals surface area contributed by atoms with E-state index in [-0.39, 0.29) is 23.4 Å². The Kier molecular flexibility index (Phi) is 7.96. The summed E-state index contributed by atoms with van der Waals surface area (Å²) >= 11 is 6.19. The molecule has 2 aromatic carbocycles. The summed E-state index contributed by atoms with van der Waals surface area (Å²) in [6, 6.07) is 8.72. The van der Waals surface area contributed by atoms with Crippen LogP contribution in [0.1, 0.15) is 28.4 Å². The van der Waals surface area contributed by atoms with Gasteiger partial charge in [-0.25, -0.2) is 13.3 Å². The second-order valence-corrected chi connectivity index (χ2v) is 9.68. The number of carbonyl (C=O) groups excluding carboxylic acids is 2. The molecule has 0 aromatic heterocycles. The summed E-state index contributed by atoms with van der Waals surface area (Å²) in [4.78, 5) is 28.4. The highest BCUT2D eigenvalue weighted by Crippen LogP contribution is 2.32. The monoisotopic (exact) mass is 462 g/mol. The van der Waals surface area contributed by atoms with Crippen LogP contribution in [0, 0.1) is 19.4 Å². The number of halogens is 1. The standard InChI is InChI=1S/C22H23ClN2O5S/c1-13-16(7-10-19(24-3)21(13)23)11-18(14(2)26)22(28)25-12-20(27)15-5-8-17(9-6-15)31(4,29)30/h5-10,14,18,26H,11-12H2,1-2,4H3,(H,25,28)/t14-,18+/m0/s1. The summed E-state index contributed by atoms with van der Waals surface area (Å²) in [6.07, 6.45) is 0.275. The number of nitrogens with zero attached hydrogens (tertiary/aromatic N) is 1. The van der Waals surface area contributed by atoms with Gasteiger partial charge in [0.05, 0.1) is 35.1 Å². The third-order valence-corrected chi connectivity index (χ3v) is 6.59. The lowest BCUT2D eigenvalue weighted by atomic mass is 9.91. The Morgan fingerprint density at radius 2 is 1.81 bits per heavy atom. The quantitative estimate of drug-likeness (QED) is 0.463. The molecule has 31 heavy (non-hydrogen) atoms. The van der Waals surface area contributed by atoms with Crippen molar-refractivity contribution in [1.82, 2.24) is 5.32 Å². The van der Waals surface area contributed by atoms with E-state index in [2.05, 4.69) is 10.2 Å². The van der Waals surface area contributed by atoms with E-state index in [4.69, 9.17) is 18.2 Å². The number of aliphatic hydroxyl groups is 1. The second kappa shape index (κ2) is 10.1. The van der Waals surface area contributed by atoms with Crippen LogP contribution in [0.2, 0.25) is 5.02 Å². The molecule has 2 N–H and O–H groups in total. The van der Waals surface area contributed by atoms with Gasteiger partial charge >= 0.3 is 0 Å². The molecule has 0 heterocycles. The highest BCUT2D eigenvalue weighted by atomic mass is 35.5. The van der Waals surface area contributed by atoms with Crippen molar-refractivity contribution in [2.75, 3.05) is 12.8 Å². The molecule has 2 rings (SSSR count). The summed E-state index contributed by atoms with van der Waals surface area (Å²) in [5, 5.41) is 13.0. The minimum Gasteiger partial charge on any atom is -0.393 e. The van der Waals surface area contributed by atoms with Crippen molar-refractivity contribution in [2.24, 2.45) is 5.92 Å². The topological polar surface area (TPSA) is 105 Å². The number of hydrogen-bond donors (Lipinski definition) is 2. The van der Waals surface area contributed by atoms with Crippen LogP contribution in [0.25, 0.3) is 4.85 Å². The van der Waals surface area contributed by atoms with Gasteiger partial charge in [0.15, 0.2) is 15.6 Å². The van der Waals surface area contributed by atoms with E-state index < -0.39 is 33.5 Å². The van der Waals surface area contributed by atoms with Gasteiger partial charge in [-0.3, -0.25) is 9.59 Å². The Morgan fingerprint density at radius 3 is 2.32 bits per heavy atom. The molecule has 1 amide bonds. The molecule has 2 atom stereocenters. The summed E-state index contributed by atoms with van der Waals surface area (Å²) < 4.78 is 23.0. The number of benzene rings is 2. The molecular weight excluding hydrogens is 440 g/mol. The molecule has 0 fully saturated rings. The molecule has 0 aliphatic heterocycles. The number of aliphatic hydroxyl groups excluding tert-OH is 1. The SMILES string of the molecule is [C-]#[N+]c1ccc(C[C@@H](C(=O)NCC(=O)c2ccc(S(C)(=O)=O)cc2)[C@H](C)O)c(C)c1Cl. The fraction of sp³-hybridized carbons (Fsp3) is 0.318. The number of sulfone groups is 1. The van der Waals surface area contributed by atoms with Gasteiger partial charge in [0.25, 0.3) is 0 Å². The van der Waals surface area contributed by atoms with Gasteiger partial charge in [-0.15, -0.1) is 0 Å². The van der Waals surface area contributed by atoms with Crippen molar-refractivity contribution in [3.63, 3.8) is 0 Å². The smallest absolute Gasteiger partial charge is 0.226 e. The largest absolute Gasteiger partial charge is 0.393 e. The fourth-order valence-electron chi connectivity index (χ4n) is 3.03. The Labute approximate surface area is 186 Å². The van der Waals surface area contributed by atoms with Crippen molar-refractivity contribution in [3.05, 3.63) is 69.5 Å². The Balaban J connectivity index is 2.09. The van der Waals surface area contributed by atoms with Gasteiger partial charge in [0, 0.05) is 11.8 Å². The summed E-state index contributed by atoms with van der Waals surface area (Å²) in [5.74, 6) is -1.71. The number of amides is 1. The van der Waals surface area contributed by atoms with E-state index in [1.54, 1.807) is 19.1 Å². The third-order valence-electron chi connectivity index (χ3n) is 4.99. The number of carbonyl (C=O) groups is 2. The molecule has 0 unspecified atom stereocenters. The lowest BCUT2D eigenvalue weighted by Crippen LogP contribution is -2.40. The lowest BCUT2D eigenvalue weighted by molar-refractivity contribution is -0.127. The van der Waals surface area contributed by atoms with Gasteiger partial charge in [-0.1, -0.05) is 35.9 Å². The van der Waals surface area contributed by atoms with Crippen molar-refractivity contribution < 1.29 is 23.1 Å². The minimum atomic E-state index is -3.37. The maximum atomic E-state index is 12.6. The van der Waals surface area contributed by atoms with Gasteiger partial charge in [-0.05, 0) is 43.5 Å². The van der Waals surface area contributed by atoms with Crippen LogP contribution in [-0.2, 0) is 21.1 Å². The first-order valence-electron chi connectivity index (χ1n) is 9.40. The molecular formula is C22H23ClN2O5S. The van der Waals surface area contributed by atoms with Gasteiger partial charge in [-0.2, -0.15) is 0 Å².